The summed E-state index contributed by atoms with van der Waals surface area (Å²) in [5.41, 5.74) is 4.28. The van der Waals surface area contributed by atoms with E-state index in [1.165, 1.54) is 36.0 Å². The average molecular weight is 287 g/mol. The van der Waals surface area contributed by atoms with Crippen molar-refractivity contribution in [2.24, 2.45) is 0 Å². The number of nitrogens with one attached hydrogen (secondary N) is 1. The Morgan fingerprint density at radius 2 is 1.85 bits per heavy atom. The summed E-state index contributed by atoms with van der Waals surface area (Å²) in [6, 6.07) is 11.7. The van der Waals surface area contributed by atoms with Crippen LogP contribution in [0.5, 0.6) is 0 Å². The second-order valence-corrected chi connectivity index (χ2v) is 6.18. The summed E-state index contributed by atoms with van der Waals surface area (Å²) in [5.74, 6) is 0. The van der Waals surface area contributed by atoms with Gasteiger partial charge < -0.3 is 5.32 Å². The molecule has 2 rings (SSSR count). The highest BCUT2D eigenvalue weighted by Gasteiger charge is 2.04. The van der Waals surface area contributed by atoms with Crippen LogP contribution in [0, 0.1) is 0 Å². The molecule has 0 fully saturated rings. The Balaban J connectivity index is 1.78. The largest absolute Gasteiger partial charge is 0.310 e. The van der Waals surface area contributed by atoms with Crippen LogP contribution in [0.2, 0.25) is 0 Å². The smallest absolute Gasteiger partial charge is 0.0291 e. The highest BCUT2D eigenvalue weighted by Crippen LogP contribution is 2.15. The Bertz CT molecular complexity index is 473. The van der Waals surface area contributed by atoms with Crippen molar-refractivity contribution in [3.8, 4) is 0 Å². The molecule has 1 aromatic carbocycles. The van der Waals surface area contributed by atoms with Crippen LogP contribution < -0.4 is 5.32 Å². The van der Waals surface area contributed by atoms with E-state index >= 15 is 0 Å². The Morgan fingerprint density at radius 1 is 1.05 bits per heavy atom. The highest BCUT2D eigenvalue weighted by atomic mass is 32.1. The second kappa shape index (κ2) is 8.23. The lowest BCUT2D eigenvalue weighted by Crippen LogP contribution is -2.21. The lowest BCUT2D eigenvalue weighted by atomic mass is 10.0. The van der Waals surface area contributed by atoms with Crippen LogP contribution in [0.4, 0.5) is 0 Å². The molecule has 0 aliphatic heterocycles. The molecule has 0 spiro atoms. The highest BCUT2D eigenvalue weighted by molar-refractivity contribution is 7.07. The topological polar surface area (TPSA) is 12.0 Å². The lowest BCUT2D eigenvalue weighted by molar-refractivity contribution is 0.577. The van der Waals surface area contributed by atoms with E-state index in [0.717, 1.165) is 13.0 Å². The van der Waals surface area contributed by atoms with Crippen LogP contribution in [-0.2, 0) is 12.8 Å². The first kappa shape index (κ1) is 15.3. The summed E-state index contributed by atoms with van der Waals surface area (Å²) in [7, 11) is 0. The fourth-order valence-electron chi connectivity index (χ4n) is 2.34. The SMILES string of the molecule is CCCCc1ccc(C(C)NCCc2ccsc2)cc1. The molecule has 0 aliphatic rings. The number of benzene rings is 1. The zero-order valence-corrected chi connectivity index (χ0v) is 13.4. The number of rotatable bonds is 8. The van der Waals surface area contributed by atoms with Gasteiger partial charge in [-0.1, -0.05) is 37.6 Å². The molecule has 0 bridgehead atoms. The first-order chi connectivity index (χ1) is 9.79. The van der Waals surface area contributed by atoms with E-state index < -0.39 is 0 Å². The molecule has 1 heterocycles. The minimum atomic E-state index is 0.425. The van der Waals surface area contributed by atoms with E-state index in [2.05, 4.69) is 60.3 Å². The maximum atomic E-state index is 3.60. The minimum Gasteiger partial charge on any atom is -0.310 e. The van der Waals surface area contributed by atoms with E-state index in [4.69, 9.17) is 0 Å². The third-order valence-corrected chi connectivity index (χ3v) is 4.48. The summed E-state index contributed by atoms with van der Waals surface area (Å²) in [4.78, 5) is 0. The van der Waals surface area contributed by atoms with Crippen molar-refractivity contribution < 1.29 is 0 Å². The predicted octanol–water partition coefficient (Wildman–Crippen LogP) is 4.98. The molecular formula is C18H25NS. The summed E-state index contributed by atoms with van der Waals surface area (Å²) < 4.78 is 0. The molecule has 0 amide bonds. The van der Waals surface area contributed by atoms with Gasteiger partial charge in [-0.2, -0.15) is 11.3 Å². The van der Waals surface area contributed by atoms with E-state index in [9.17, 15) is 0 Å². The second-order valence-electron chi connectivity index (χ2n) is 5.40. The molecule has 0 saturated carbocycles. The normalized spacial score (nSPS) is 12.5. The fourth-order valence-corrected chi connectivity index (χ4v) is 3.04. The molecule has 2 aromatic rings. The Hall–Kier alpha value is -1.12. The van der Waals surface area contributed by atoms with Gasteiger partial charge in [0.1, 0.15) is 0 Å². The zero-order valence-electron chi connectivity index (χ0n) is 12.6. The lowest BCUT2D eigenvalue weighted by Gasteiger charge is -2.14. The van der Waals surface area contributed by atoms with Crippen molar-refractivity contribution in [3.05, 3.63) is 57.8 Å². The molecule has 0 radical (unpaired) electrons. The van der Waals surface area contributed by atoms with Gasteiger partial charge in [0.05, 0.1) is 0 Å². The van der Waals surface area contributed by atoms with Crippen LogP contribution in [0.15, 0.2) is 41.1 Å². The van der Waals surface area contributed by atoms with Crippen molar-refractivity contribution in [2.45, 2.75) is 45.6 Å². The monoisotopic (exact) mass is 287 g/mol. The zero-order chi connectivity index (χ0) is 14.2. The first-order valence-corrected chi connectivity index (χ1v) is 8.57. The molecule has 1 nitrogen and oxygen atoms in total. The van der Waals surface area contributed by atoms with Crippen LogP contribution >= 0.6 is 11.3 Å². The van der Waals surface area contributed by atoms with Crippen molar-refractivity contribution >= 4 is 11.3 Å². The van der Waals surface area contributed by atoms with Gasteiger partial charge in [-0.05, 0) is 66.2 Å². The molecule has 0 aliphatic carbocycles. The number of hydrogen-bond acceptors (Lipinski definition) is 2. The van der Waals surface area contributed by atoms with Gasteiger partial charge in [-0.3, -0.25) is 0 Å². The number of unbranched alkanes of at least 4 members (excludes halogenated alkanes) is 1. The average Bonchev–Trinajstić information content (AvgIpc) is 2.99. The number of thiophene rings is 1. The Morgan fingerprint density at radius 3 is 2.50 bits per heavy atom. The van der Waals surface area contributed by atoms with Gasteiger partial charge in [-0.15, -0.1) is 0 Å². The van der Waals surface area contributed by atoms with Crippen LogP contribution in [-0.4, -0.2) is 6.54 Å². The summed E-state index contributed by atoms with van der Waals surface area (Å²) in [5, 5.41) is 7.98. The minimum absolute atomic E-state index is 0.425. The van der Waals surface area contributed by atoms with Crippen molar-refractivity contribution in [1.82, 2.24) is 5.32 Å². The molecular weight excluding hydrogens is 262 g/mol. The summed E-state index contributed by atoms with van der Waals surface area (Å²) in [6.45, 7) is 5.53. The molecule has 1 unspecified atom stereocenters. The predicted molar refractivity (Wildman–Crippen MR) is 89.5 cm³/mol. The number of hydrogen-bond donors (Lipinski definition) is 1. The van der Waals surface area contributed by atoms with Gasteiger partial charge in [0.15, 0.2) is 0 Å². The van der Waals surface area contributed by atoms with Gasteiger partial charge in [0.2, 0.25) is 0 Å². The van der Waals surface area contributed by atoms with Crippen LogP contribution in [0.25, 0.3) is 0 Å². The maximum absolute atomic E-state index is 3.60. The van der Waals surface area contributed by atoms with Gasteiger partial charge in [0.25, 0.3) is 0 Å². The summed E-state index contributed by atoms with van der Waals surface area (Å²) in [6.07, 6.45) is 4.87. The van der Waals surface area contributed by atoms with E-state index in [1.807, 2.05) is 0 Å². The quantitative estimate of drug-likeness (QED) is 0.721. The molecule has 0 saturated heterocycles. The Labute approximate surface area is 127 Å². The molecule has 1 aromatic heterocycles. The van der Waals surface area contributed by atoms with E-state index in [-0.39, 0.29) is 0 Å². The van der Waals surface area contributed by atoms with Crippen LogP contribution in [0.3, 0.4) is 0 Å². The van der Waals surface area contributed by atoms with Crippen LogP contribution in [0.1, 0.15) is 49.4 Å². The third-order valence-electron chi connectivity index (χ3n) is 3.74. The number of aryl methyl sites for hydroxylation is 1. The molecule has 1 atom stereocenters. The fraction of sp³-hybridized carbons (Fsp3) is 0.444. The molecule has 108 valence electrons. The van der Waals surface area contributed by atoms with Gasteiger partial charge >= 0.3 is 0 Å². The maximum Gasteiger partial charge on any atom is 0.0291 e. The van der Waals surface area contributed by atoms with Crippen molar-refractivity contribution in [2.75, 3.05) is 6.54 Å². The van der Waals surface area contributed by atoms with E-state index in [0.29, 0.717) is 6.04 Å². The van der Waals surface area contributed by atoms with E-state index in [1.54, 1.807) is 11.3 Å². The van der Waals surface area contributed by atoms with Crippen molar-refractivity contribution in [1.29, 1.82) is 0 Å². The van der Waals surface area contributed by atoms with Gasteiger partial charge in [0, 0.05) is 6.04 Å². The molecule has 1 N–H and O–H groups in total. The third kappa shape index (κ3) is 4.77. The van der Waals surface area contributed by atoms with Crippen molar-refractivity contribution in [3.63, 3.8) is 0 Å². The molecule has 2 heteroatoms. The van der Waals surface area contributed by atoms with Gasteiger partial charge in [-0.25, -0.2) is 0 Å². The molecule has 20 heavy (non-hydrogen) atoms. The Kier molecular flexibility index (Phi) is 6.28. The summed E-state index contributed by atoms with van der Waals surface area (Å²) >= 11 is 1.78. The first-order valence-electron chi connectivity index (χ1n) is 7.63. The standard InChI is InChI=1S/C18H25NS/c1-3-4-5-16-6-8-18(9-7-16)15(2)19-12-10-17-11-13-20-14-17/h6-9,11,13-15,19H,3-5,10,12H2,1-2H3.